The second-order valence-corrected chi connectivity index (χ2v) is 2.96. The fourth-order valence-electron chi connectivity index (χ4n) is 1.32. The zero-order chi connectivity index (χ0) is 10.6. The maximum absolute atomic E-state index is 10.6. The summed E-state index contributed by atoms with van der Waals surface area (Å²) in [4.78, 5) is 14.6. The van der Waals surface area contributed by atoms with Gasteiger partial charge in [-0.2, -0.15) is 5.10 Å². The Bertz CT molecular complexity index is 310. The monoisotopic (exact) mass is 198 g/mol. The first-order chi connectivity index (χ1) is 6.69. The third kappa shape index (κ3) is 2.29. The third-order valence-electron chi connectivity index (χ3n) is 2.02. The molecule has 0 bridgehead atoms. The summed E-state index contributed by atoms with van der Waals surface area (Å²) in [7, 11) is 0. The van der Waals surface area contributed by atoms with Crippen LogP contribution in [0.25, 0.3) is 0 Å². The summed E-state index contributed by atoms with van der Waals surface area (Å²) >= 11 is 0. The highest BCUT2D eigenvalue weighted by atomic mass is 16.4. The maximum Gasteiger partial charge on any atom is 0.304 e. The van der Waals surface area contributed by atoms with Crippen molar-refractivity contribution in [3.05, 3.63) is 12.2 Å². The molecule has 14 heavy (non-hydrogen) atoms. The molecule has 1 aromatic heterocycles. The Kier molecular flexibility index (Phi) is 3.58. The first-order valence-electron chi connectivity index (χ1n) is 4.48. The third-order valence-corrected chi connectivity index (χ3v) is 2.02. The van der Waals surface area contributed by atoms with Gasteiger partial charge in [0.15, 0.2) is 0 Å². The molecular formula is C8H14N4O2. The van der Waals surface area contributed by atoms with E-state index in [1.54, 1.807) is 4.68 Å². The Morgan fingerprint density at radius 1 is 1.79 bits per heavy atom. The van der Waals surface area contributed by atoms with Crippen LogP contribution in [0.2, 0.25) is 0 Å². The highest BCUT2D eigenvalue weighted by molar-refractivity contribution is 5.67. The second kappa shape index (κ2) is 4.71. The van der Waals surface area contributed by atoms with Crippen molar-refractivity contribution in [2.24, 2.45) is 5.73 Å². The fraction of sp³-hybridized carbons (Fsp3) is 0.625. The van der Waals surface area contributed by atoms with Crippen LogP contribution < -0.4 is 5.73 Å². The lowest BCUT2D eigenvalue weighted by Crippen LogP contribution is -2.20. The Balaban J connectivity index is 2.82. The second-order valence-electron chi connectivity index (χ2n) is 2.96. The number of nitrogens with zero attached hydrogens (tertiary/aromatic N) is 3. The summed E-state index contributed by atoms with van der Waals surface area (Å²) < 4.78 is 1.67. The van der Waals surface area contributed by atoms with E-state index in [0.29, 0.717) is 12.4 Å². The molecule has 0 aliphatic rings. The van der Waals surface area contributed by atoms with E-state index in [4.69, 9.17) is 10.8 Å². The highest BCUT2D eigenvalue weighted by Gasteiger charge is 2.18. The van der Waals surface area contributed by atoms with Crippen LogP contribution in [-0.4, -0.2) is 32.4 Å². The summed E-state index contributed by atoms with van der Waals surface area (Å²) in [6.07, 6.45) is 1.42. The predicted octanol–water partition coefficient (Wildman–Crippen LogP) is -0.185. The zero-order valence-corrected chi connectivity index (χ0v) is 8.05. The summed E-state index contributed by atoms with van der Waals surface area (Å²) in [5.74, 6) is -0.474. The van der Waals surface area contributed by atoms with Crippen molar-refractivity contribution in [2.75, 3.05) is 6.54 Å². The molecule has 1 atom stereocenters. The molecule has 1 unspecified atom stereocenters. The molecule has 3 N–H and O–H groups in total. The first kappa shape index (κ1) is 10.6. The number of carboxylic acid groups (broad SMARTS) is 1. The van der Waals surface area contributed by atoms with E-state index in [1.807, 2.05) is 6.92 Å². The molecule has 0 amide bonds. The van der Waals surface area contributed by atoms with Gasteiger partial charge in [-0.1, -0.05) is 0 Å². The Labute approximate surface area is 81.7 Å². The summed E-state index contributed by atoms with van der Waals surface area (Å²) in [5, 5.41) is 12.6. The lowest BCUT2D eigenvalue weighted by Gasteiger charge is -2.11. The van der Waals surface area contributed by atoms with E-state index in [0.717, 1.165) is 0 Å². The van der Waals surface area contributed by atoms with Crippen molar-refractivity contribution < 1.29 is 9.90 Å². The van der Waals surface area contributed by atoms with Crippen LogP contribution in [0.15, 0.2) is 6.33 Å². The van der Waals surface area contributed by atoms with E-state index in [-0.39, 0.29) is 18.9 Å². The van der Waals surface area contributed by atoms with Crippen LogP contribution in [0.1, 0.15) is 25.1 Å². The average molecular weight is 198 g/mol. The molecule has 0 radical (unpaired) electrons. The Morgan fingerprint density at radius 2 is 2.50 bits per heavy atom. The van der Waals surface area contributed by atoms with Crippen LogP contribution in [0.3, 0.4) is 0 Å². The first-order valence-corrected chi connectivity index (χ1v) is 4.48. The van der Waals surface area contributed by atoms with Gasteiger partial charge >= 0.3 is 5.97 Å². The average Bonchev–Trinajstić information content (AvgIpc) is 2.61. The molecular weight excluding hydrogens is 184 g/mol. The Morgan fingerprint density at radius 3 is 3.00 bits per heavy atom. The van der Waals surface area contributed by atoms with Crippen molar-refractivity contribution >= 4 is 5.97 Å². The van der Waals surface area contributed by atoms with Crippen molar-refractivity contribution in [2.45, 2.75) is 25.8 Å². The molecule has 1 aromatic rings. The lowest BCUT2D eigenvalue weighted by molar-refractivity contribution is -0.137. The van der Waals surface area contributed by atoms with Gasteiger partial charge in [-0.3, -0.25) is 9.48 Å². The molecule has 1 heterocycles. The molecule has 0 saturated carbocycles. The number of carbonyl (C=O) groups is 1. The molecule has 0 aliphatic carbocycles. The fourth-order valence-corrected chi connectivity index (χ4v) is 1.32. The van der Waals surface area contributed by atoms with E-state index in [2.05, 4.69) is 10.1 Å². The van der Waals surface area contributed by atoms with Gasteiger partial charge in [0, 0.05) is 19.0 Å². The predicted molar refractivity (Wildman–Crippen MR) is 49.7 cm³/mol. The van der Waals surface area contributed by atoms with Gasteiger partial charge in [0.25, 0.3) is 0 Å². The number of aliphatic carboxylic acids is 1. The van der Waals surface area contributed by atoms with Crippen LogP contribution >= 0.6 is 0 Å². The zero-order valence-electron chi connectivity index (χ0n) is 8.05. The molecule has 1 rings (SSSR count). The molecule has 6 heteroatoms. The van der Waals surface area contributed by atoms with Crippen LogP contribution in [-0.2, 0) is 11.3 Å². The molecule has 78 valence electrons. The van der Waals surface area contributed by atoms with Gasteiger partial charge in [-0.25, -0.2) is 4.98 Å². The minimum atomic E-state index is -0.869. The number of aryl methyl sites for hydroxylation is 1. The van der Waals surface area contributed by atoms with Crippen LogP contribution in [0.4, 0.5) is 0 Å². The van der Waals surface area contributed by atoms with Gasteiger partial charge in [0.2, 0.25) is 0 Å². The molecule has 0 saturated heterocycles. The minimum Gasteiger partial charge on any atom is -0.481 e. The molecule has 0 spiro atoms. The largest absolute Gasteiger partial charge is 0.481 e. The number of nitrogens with two attached hydrogens (primary N) is 1. The molecule has 0 aliphatic heterocycles. The lowest BCUT2D eigenvalue weighted by atomic mass is 10.1. The SMILES string of the molecule is CCn1ncnc1C(CN)CC(=O)O. The van der Waals surface area contributed by atoms with Gasteiger partial charge in [0.05, 0.1) is 6.42 Å². The van der Waals surface area contributed by atoms with Crippen molar-refractivity contribution in [3.63, 3.8) is 0 Å². The standard InChI is InChI=1S/C8H14N4O2/c1-2-12-8(10-5-11-12)6(4-9)3-7(13)14/h5-6H,2-4,9H2,1H3,(H,13,14). The van der Waals surface area contributed by atoms with Gasteiger partial charge < -0.3 is 10.8 Å². The number of rotatable bonds is 5. The van der Waals surface area contributed by atoms with Gasteiger partial charge in [-0.15, -0.1) is 0 Å². The summed E-state index contributed by atoms with van der Waals surface area (Å²) in [6, 6.07) is 0. The van der Waals surface area contributed by atoms with E-state index in [9.17, 15) is 4.79 Å². The summed E-state index contributed by atoms with van der Waals surface area (Å²) in [5.41, 5.74) is 5.49. The molecule has 6 nitrogen and oxygen atoms in total. The quantitative estimate of drug-likeness (QED) is 0.684. The smallest absolute Gasteiger partial charge is 0.304 e. The minimum absolute atomic E-state index is 0.00477. The Hall–Kier alpha value is -1.43. The molecule has 0 aromatic carbocycles. The normalized spacial score (nSPS) is 12.7. The van der Waals surface area contributed by atoms with Crippen LogP contribution in [0.5, 0.6) is 0 Å². The van der Waals surface area contributed by atoms with E-state index in [1.165, 1.54) is 6.33 Å². The number of hydrogen-bond donors (Lipinski definition) is 2. The van der Waals surface area contributed by atoms with Gasteiger partial charge in [-0.05, 0) is 6.92 Å². The number of aromatic nitrogens is 3. The van der Waals surface area contributed by atoms with Crippen LogP contribution in [0, 0.1) is 0 Å². The van der Waals surface area contributed by atoms with E-state index >= 15 is 0 Å². The maximum atomic E-state index is 10.6. The van der Waals surface area contributed by atoms with Crippen molar-refractivity contribution in [1.29, 1.82) is 0 Å². The van der Waals surface area contributed by atoms with Gasteiger partial charge in [0.1, 0.15) is 12.2 Å². The topological polar surface area (TPSA) is 94.0 Å². The van der Waals surface area contributed by atoms with Crippen molar-refractivity contribution in [3.8, 4) is 0 Å². The number of hydrogen-bond acceptors (Lipinski definition) is 4. The van der Waals surface area contributed by atoms with E-state index < -0.39 is 5.97 Å². The number of carboxylic acids is 1. The highest BCUT2D eigenvalue weighted by Crippen LogP contribution is 2.15. The summed E-state index contributed by atoms with van der Waals surface area (Å²) in [6.45, 7) is 2.86. The van der Waals surface area contributed by atoms with Crippen molar-refractivity contribution in [1.82, 2.24) is 14.8 Å². The molecule has 0 fully saturated rings.